The van der Waals surface area contributed by atoms with Crippen LogP contribution in [0.3, 0.4) is 0 Å². The summed E-state index contributed by atoms with van der Waals surface area (Å²) < 4.78 is 52.4. The molecule has 0 bridgehead atoms. The number of rotatable bonds is 14. The van der Waals surface area contributed by atoms with Crippen LogP contribution in [0.25, 0.3) is 39.2 Å². The van der Waals surface area contributed by atoms with Gasteiger partial charge in [0.25, 0.3) is 0 Å². The van der Waals surface area contributed by atoms with Crippen LogP contribution in [0.15, 0.2) is 81.7 Å². The fourth-order valence-electron chi connectivity index (χ4n) is 5.82. The molecule has 0 saturated heterocycles. The van der Waals surface area contributed by atoms with E-state index in [1.165, 1.54) is 18.2 Å². The predicted octanol–water partition coefficient (Wildman–Crippen LogP) is 5.26. The zero-order valence-electron chi connectivity index (χ0n) is 31.1. The summed E-state index contributed by atoms with van der Waals surface area (Å²) in [7, 11) is 0. The summed E-state index contributed by atoms with van der Waals surface area (Å²) in [5.74, 6) is -2.14. The maximum absolute atomic E-state index is 15.7. The lowest BCUT2D eigenvalue weighted by atomic mass is 9.88. The van der Waals surface area contributed by atoms with Crippen LogP contribution in [0.5, 0.6) is 0 Å². The first-order valence-electron chi connectivity index (χ1n) is 17.9. The molecule has 296 valence electrons. The number of nitrogens with one attached hydrogen (secondary N) is 4. The molecule has 3 aromatic carbocycles. The number of anilines is 1. The molecule has 0 radical (unpaired) electrons. The summed E-state index contributed by atoms with van der Waals surface area (Å²) >= 11 is 5.43. The molecule has 0 aliphatic heterocycles. The summed E-state index contributed by atoms with van der Waals surface area (Å²) in [6.07, 6.45) is 2.95. The highest BCUT2D eigenvalue weighted by atomic mass is 32.1. The summed E-state index contributed by atoms with van der Waals surface area (Å²) in [5.41, 5.74) is 2.51. The monoisotopic (exact) mass is 800 g/mol. The number of thiocarbonyl (C=S) groups is 1. The molecule has 57 heavy (non-hydrogen) atoms. The second-order valence-corrected chi connectivity index (χ2v) is 13.5. The maximum Gasteiger partial charge on any atom is 0.325 e. The summed E-state index contributed by atoms with van der Waals surface area (Å²) in [6, 6.07) is 14.3. The number of allylic oxidation sites excluding steroid dienone is 2. The molecule has 1 aliphatic carbocycles. The molecule has 1 aliphatic rings. The van der Waals surface area contributed by atoms with E-state index in [1.807, 2.05) is 0 Å². The number of carbonyl (C=O) groups is 4. The number of hydrogen-bond donors (Lipinski definition) is 4. The second-order valence-electron chi connectivity index (χ2n) is 13.1. The molecule has 2 atom stereocenters. The quantitative estimate of drug-likeness (QED) is 0.0843. The minimum atomic E-state index is -1.60. The van der Waals surface area contributed by atoms with E-state index in [4.69, 9.17) is 30.5 Å². The van der Waals surface area contributed by atoms with Gasteiger partial charge in [-0.3, -0.25) is 19.2 Å². The molecule has 6 rings (SSSR count). The lowest BCUT2D eigenvalue weighted by Gasteiger charge is -2.33. The molecular weight excluding hydrogens is 763 g/mol. The van der Waals surface area contributed by atoms with Gasteiger partial charge in [0.15, 0.2) is 16.3 Å². The first-order valence-corrected chi connectivity index (χ1v) is 18.3. The number of aromatic nitrogens is 2. The van der Waals surface area contributed by atoms with Crippen LogP contribution >= 0.6 is 12.2 Å². The standard InChI is InChI=1S/C40H38F2N6O8S/c1-4-53-35(51)20-43-33(49)16-22-6-10-30-28(14-22)45-37(55-30)24-8-9-27(26(41)18-24)47-39(57)48-40(3)13-12-25(19-32(40)42)38-46-29-15-23(7-11-31(29)56-38)17-34(50)44-21-36(52)54-5-2/h6-15,18-19,32H,4-5,16-17,20-21H2,1-3H3,(H,43,49)(H,44,50)(H2,47,48,57). The van der Waals surface area contributed by atoms with Crippen LogP contribution in [-0.4, -0.2) is 76.8 Å². The molecule has 2 unspecified atom stereocenters. The van der Waals surface area contributed by atoms with Crippen LogP contribution in [0, 0.1) is 5.82 Å². The number of ether oxygens (including phenoxy) is 2. The van der Waals surface area contributed by atoms with E-state index in [9.17, 15) is 19.2 Å². The van der Waals surface area contributed by atoms with Crippen molar-refractivity contribution in [2.75, 3.05) is 31.6 Å². The van der Waals surface area contributed by atoms with Crippen molar-refractivity contribution in [1.29, 1.82) is 0 Å². The first kappa shape index (κ1) is 40.2. The molecule has 0 fully saturated rings. The Balaban J connectivity index is 1.04. The SMILES string of the molecule is CCOC(=O)CNC(=O)Cc1ccc2oc(C3=CC(F)C(C)(NC(=S)Nc4ccc(-c5nc6cc(CC(=O)NCC(=O)OCC)ccc6o5)cc4F)C=C3)nc2c1. The van der Waals surface area contributed by atoms with E-state index in [-0.39, 0.29) is 73.5 Å². The third-order valence-corrected chi connectivity index (χ3v) is 8.91. The third kappa shape index (κ3) is 10.0. The highest BCUT2D eigenvalue weighted by Gasteiger charge is 2.35. The number of hydrogen-bond acceptors (Lipinski definition) is 11. The van der Waals surface area contributed by atoms with Crippen molar-refractivity contribution in [1.82, 2.24) is 25.9 Å². The predicted molar refractivity (Wildman–Crippen MR) is 210 cm³/mol. The Labute approximate surface area is 330 Å². The molecule has 0 saturated carbocycles. The minimum Gasteiger partial charge on any atom is -0.465 e. The largest absolute Gasteiger partial charge is 0.465 e. The molecule has 2 amide bonds. The van der Waals surface area contributed by atoms with Crippen molar-refractivity contribution < 1.29 is 46.3 Å². The van der Waals surface area contributed by atoms with Crippen molar-refractivity contribution in [3.05, 3.63) is 95.7 Å². The van der Waals surface area contributed by atoms with Crippen molar-refractivity contribution in [2.24, 2.45) is 0 Å². The second kappa shape index (κ2) is 17.5. The van der Waals surface area contributed by atoms with E-state index < -0.39 is 29.5 Å². The Morgan fingerprint density at radius 1 is 0.825 bits per heavy atom. The van der Waals surface area contributed by atoms with Crippen molar-refractivity contribution >= 4 is 74.5 Å². The summed E-state index contributed by atoms with van der Waals surface area (Å²) in [5, 5.41) is 10.7. The van der Waals surface area contributed by atoms with E-state index in [0.717, 1.165) is 0 Å². The van der Waals surface area contributed by atoms with Gasteiger partial charge in [-0.25, -0.2) is 18.7 Å². The van der Waals surface area contributed by atoms with Gasteiger partial charge in [-0.15, -0.1) is 0 Å². The molecule has 14 nitrogen and oxygen atoms in total. The smallest absolute Gasteiger partial charge is 0.325 e. The third-order valence-electron chi connectivity index (χ3n) is 8.71. The summed E-state index contributed by atoms with van der Waals surface area (Å²) in [6.45, 7) is 4.92. The van der Waals surface area contributed by atoms with E-state index >= 15 is 8.78 Å². The first-order chi connectivity index (χ1) is 27.3. The molecule has 2 aromatic heterocycles. The number of carbonyl (C=O) groups excluding carboxylic acids is 4. The van der Waals surface area contributed by atoms with Crippen LogP contribution in [0.2, 0.25) is 0 Å². The number of amides is 2. The Morgan fingerprint density at radius 3 is 1.93 bits per heavy atom. The molecule has 2 heterocycles. The normalized spacial score (nSPS) is 16.2. The lowest BCUT2D eigenvalue weighted by molar-refractivity contribution is -0.143. The molecule has 0 spiro atoms. The molecular formula is C40H38F2N6O8S. The zero-order valence-corrected chi connectivity index (χ0v) is 31.9. The molecule has 5 aromatic rings. The Morgan fingerprint density at radius 2 is 1.39 bits per heavy atom. The minimum absolute atomic E-state index is 0.00189. The van der Waals surface area contributed by atoms with E-state index in [0.29, 0.717) is 44.5 Å². The van der Waals surface area contributed by atoms with Crippen LogP contribution < -0.4 is 21.3 Å². The van der Waals surface area contributed by atoms with Crippen molar-refractivity contribution in [3.63, 3.8) is 0 Å². The van der Waals surface area contributed by atoms with Gasteiger partial charge in [0, 0.05) is 11.1 Å². The average Bonchev–Trinajstić information content (AvgIpc) is 3.79. The molecule has 17 heteroatoms. The van der Waals surface area contributed by atoms with Gasteiger partial charge in [0.2, 0.25) is 23.6 Å². The van der Waals surface area contributed by atoms with Crippen molar-refractivity contribution in [2.45, 2.75) is 45.3 Å². The Kier molecular flexibility index (Phi) is 12.4. The topological polar surface area (TPSA) is 187 Å². The fraction of sp³-hybridized carbons (Fsp3) is 0.275. The van der Waals surface area contributed by atoms with Gasteiger partial charge in [0.1, 0.15) is 36.1 Å². The van der Waals surface area contributed by atoms with Crippen LogP contribution in [-0.2, 0) is 41.5 Å². The lowest BCUT2D eigenvalue weighted by Crippen LogP contribution is -2.53. The number of nitrogens with zero attached hydrogens (tertiary/aromatic N) is 2. The highest BCUT2D eigenvalue weighted by molar-refractivity contribution is 7.80. The molecule has 4 N–H and O–H groups in total. The number of fused-ring (bicyclic) bond motifs is 2. The maximum atomic E-state index is 15.7. The van der Waals surface area contributed by atoms with Gasteiger partial charge in [-0.05, 0) is 92.7 Å². The van der Waals surface area contributed by atoms with E-state index in [1.54, 1.807) is 75.4 Å². The Bertz CT molecular complexity index is 2430. The van der Waals surface area contributed by atoms with E-state index in [2.05, 4.69) is 31.2 Å². The fourth-order valence-corrected chi connectivity index (χ4v) is 6.15. The number of oxazole rings is 2. The number of halogens is 2. The number of esters is 2. The van der Waals surface area contributed by atoms with Gasteiger partial charge in [-0.2, -0.15) is 0 Å². The number of benzene rings is 3. The van der Waals surface area contributed by atoms with Crippen LogP contribution in [0.4, 0.5) is 14.5 Å². The number of alkyl halides is 1. The zero-order chi connectivity index (χ0) is 40.7. The van der Waals surface area contributed by atoms with Crippen molar-refractivity contribution in [3.8, 4) is 11.5 Å². The average molecular weight is 801 g/mol. The van der Waals surface area contributed by atoms with Gasteiger partial charge in [0.05, 0.1) is 37.3 Å². The van der Waals surface area contributed by atoms with Gasteiger partial charge >= 0.3 is 11.9 Å². The van der Waals surface area contributed by atoms with Gasteiger partial charge in [-0.1, -0.05) is 24.3 Å². The highest BCUT2D eigenvalue weighted by Crippen LogP contribution is 2.32. The van der Waals surface area contributed by atoms with Gasteiger partial charge < -0.3 is 39.6 Å². The van der Waals surface area contributed by atoms with Crippen LogP contribution in [0.1, 0.15) is 37.8 Å². The summed E-state index contributed by atoms with van der Waals surface area (Å²) in [4.78, 5) is 56.5. The Hall–Kier alpha value is -6.49.